The Bertz CT molecular complexity index is 935. The quantitative estimate of drug-likeness (QED) is 0.280. The number of anilines is 1. The molecule has 0 saturated carbocycles. The second-order valence-corrected chi connectivity index (χ2v) is 8.90. The number of hydrogen-bond acceptors (Lipinski definition) is 9. The van der Waals surface area contributed by atoms with Crippen molar-refractivity contribution in [2.24, 2.45) is 16.0 Å². The molecule has 0 unspecified atom stereocenters. The molecule has 10 nitrogen and oxygen atoms in total. The summed E-state index contributed by atoms with van der Waals surface area (Å²) in [4.78, 5) is 2.15. The summed E-state index contributed by atoms with van der Waals surface area (Å²) < 4.78 is 43.2. The van der Waals surface area contributed by atoms with E-state index in [4.69, 9.17) is 19.9 Å². The van der Waals surface area contributed by atoms with E-state index in [1.807, 2.05) is 43.3 Å². The van der Waals surface area contributed by atoms with E-state index in [-0.39, 0.29) is 18.0 Å². The first-order valence-electron chi connectivity index (χ1n) is 10.6. The summed E-state index contributed by atoms with van der Waals surface area (Å²) in [6.07, 6.45) is 0. The van der Waals surface area contributed by atoms with Crippen molar-refractivity contribution in [3.8, 4) is 0 Å². The van der Waals surface area contributed by atoms with Crippen LogP contribution in [0, 0.1) is 0 Å². The van der Waals surface area contributed by atoms with Crippen molar-refractivity contribution in [1.82, 2.24) is 4.72 Å². The van der Waals surface area contributed by atoms with Crippen LogP contribution in [0.5, 0.6) is 0 Å². The molecule has 0 radical (unpaired) electrons. The first-order valence-corrected chi connectivity index (χ1v) is 12.1. The molecule has 0 bridgehead atoms. The van der Waals surface area contributed by atoms with Crippen molar-refractivity contribution < 1.29 is 22.6 Å². The Morgan fingerprint density at radius 3 is 1.79 bits per heavy atom. The average molecular weight is 480 g/mol. The molecular formula is C22H33N5O5S. The standard InChI is InChI=1S/C22H33N5O5S/c1-27(2)21-7-3-19(4-8-21)25-26-20-5-9-22(10-6-20)33(28,29)24-12-14-31-16-18-32-17-15-30-13-11-23/h3-10,24H,11-18,23H2,1-2H3. The topological polar surface area (TPSA) is 128 Å². The van der Waals surface area contributed by atoms with E-state index in [1.165, 1.54) is 12.1 Å². The highest BCUT2D eigenvalue weighted by atomic mass is 32.2. The lowest BCUT2D eigenvalue weighted by Gasteiger charge is -2.11. The molecule has 182 valence electrons. The summed E-state index contributed by atoms with van der Waals surface area (Å²) in [6.45, 7) is 3.14. The lowest BCUT2D eigenvalue weighted by Crippen LogP contribution is -2.27. The van der Waals surface area contributed by atoms with Crippen LogP contribution in [0.15, 0.2) is 63.7 Å². The molecule has 0 saturated heterocycles. The van der Waals surface area contributed by atoms with Crippen LogP contribution in [0.25, 0.3) is 0 Å². The Hall–Kier alpha value is -2.41. The predicted octanol–water partition coefficient (Wildman–Crippen LogP) is 2.45. The Labute approximate surface area is 195 Å². The lowest BCUT2D eigenvalue weighted by atomic mass is 10.3. The molecule has 0 aliphatic rings. The molecule has 2 aromatic rings. The minimum atomic E-state index is -3.63. The van der Waals surface area contributed by atoms with Crippen molar-refractivity contribution in [2.45, 2.75) is 4.90 Å². The monoisotopic (exact) mass is 479 g/mol. The third-order valence-corrected chi connectivity index (χ3v) is 5.82. The highest BCUT2D eigenvalue weighted by molar-refractivity contribution is 7.89. The Balaban J connectivity index is 1.70. The van der Waals surface area contributed by atoms with Gasteiger partial charge >= 0.3 is 0 Å². The third-order valence-electron chi connectivity index (χ3n) is 4.34. The number of azo groups is 1. The minimum absolute atomic E-state index is 0.151. The first-order chi connectivity index (χ1) is 15.9. The van der Waals surface area contributed by atoms with Crippen LogP contribution in [0.3, 0.4) is 0 Å². The fourth-order valence-corrected chi connectivity index (χ4v) is 3.59. The molecule has 0 fully saturated rings. The summed E-state index contributed by atoms with van der Waals surface area (Å²) in [6, 6.07) is 13.8. The molecule has 0 amide bonds. The van der Waals surface area contributed by atoms with Crippen molar-refractivity contribution in [1.29, 1.82) is 0 Å². The van der Waals surface area contributed by atoms with E-state index in [9.17, 15) is 8.42 Å². The smallest absolute Gasteiger partial charge is 0.240 e. The third kappa shape index (κ3) is 10.4. The normalized spacial score (nSPS) is 11.8. The van der Waals surface area contributed by atoms with Gasteiger partial charge in [0.15, 0.2) is 0 Å². The zero-order chi connectivity index (χ0) is 23.9. The van der Waals surface area contributed by atoms with Gasteiger partial charge in [0.1, 0.15) is 0 Å². The second kappa shape index (κ2) is 14.7. The molecule has 0 heterocycles. The maximum Gasteiger partial charge on any atom is 0.240 e. The Morgan fingerprint density at radius 2 is 1.27 bits per heavy atom. The van der Waals surface area contributed by atoms with Crippen molar-refractivity contribution >= 4 is 27.1 Å². The highest BCUT2D eigenvalue weighted by Gasteiger charge is 2.13. The molecule has 0 spiro atoms. The van der Waals surface area contributed by atoms with Crippen LogP contribution in [0.2, 0.25) is 0 Å². The van der Waals surface area contributed by atoms with E-state index in [2.05, 4.69) is 15.0 Å². The number of nitrogens with two attached hydrogens (primary N) is 1. The van der Waals surface area contributed by atoms with Gasteiger partial charge in [-0.05, 0) is 48.5 Å². The summed E-state index contributed by atoms with van der Waals surface area (Å²) in [5.74, 6) is 0. The van der Waals surface area contributed by atoms with Gasteiger partial charge < -0.3 is 24.8 Å². The van der Waals surface area contributed by atoms with Gasteiger partial charge in [0, 0.05) is 32.9 Å². The van der Waals surface area contributed by atoms with Crippen LogP contribution in [0.1, 0.15) is 0 Å². The SMILES string of the molecule is CN(C)c1ccc(N=Nc2ccc(S(=O)(=O)NCCOCCOCCOCCN)cc2)cc1. The molecule has 2 aromatic carbocycles. The van der Waals surface area contributed by atoms with Crippen LogP contribution in [0.4, 0.5) is 17.1 Å². The van der Waals surface area contributed by atoms with Gasteiger partial charge in [-0.3, -0.25) is 0 Å². The number of sulfonamides is 1. The van der Waals surface area contributed by atoms with Gasteiger partial charge in [0.25, 0.3) is 0 Å². The van der Waals surface area contributed by atoms with Gasteiger partial charge in [0.05, 0.1) is 55.9 Å². The molecule has 0 aliphatic carbocycles. The van der Waals surface area contributed by atoms with Crippen LogP contribution < -0.4 is 15.4 Å². The molecule has 0 aliphatic heterocycles. The fourth-order valence-electron chi connectivity index (χ4n) is 2.58. The van der Waals surface area contributed by atoms with Crippen molar-refractivity contribution in [2.75, 3.05) is 71.7 Å². The average Bonchev–Trinajstić information content (AvgIpc) is 2.81. The molecule has 0 aromatic heterocycles. The second-order valence-electron chi connectivity index (χ2n) is 7.13. The van der Waals surface area contributed by atoms with Gasteiger partial charge in [-0.1, -0.05) is 0 Å². The van der Waals surface area contributed by atoms with E-state index in [1.54, 1.807) is 12.1 Å². The molecule has 0 atom stereocenters. The van der Waals surface area contributed by atoms with E-state index < -0.39 is 10.0 Å². The minimum Gasteiger partial charge on any atom is -0.378 e. The molecule has 33 heavy (non-hydrogen) atoms. The number of rotatable bonds is 16. The van der Waals surface area contributed by atoms with E-state index >= 15 is 0 Å². The molecule has 2 rings (SSSR count). The molecule has 3 N–H and O–H groups in total. The summed E-state index contributed by atoms with van der Waals surface area (Å²) in [5.41, 5.74) is 7.65. The van der Waals surface area contributed by atoms with Crippen molar-refractivity contribution in [3.05, 3.63) is 48.5 Å². The highest BCUT2D eigenvalue weighted by Crippen LogP contribution is 2.22. The zero-order valence-electron chi connectivity index (χ0n) is 19.1. The van der Waals surface area contributed by atoms with E-state index in [0.717, 1.165) is 5.69 Å². The van der Waals surface area contributed by atoms with E-state index in [0.29, 0.717) is 51.0 Å². The van der Waals surface area contributed by atoms with Gasteiger partial charge in [-0.2, -0.15) is 10.2 Å². The molecular weight excluding hydrogens is 446 g/mol. The van der Waals surface area contributed by atoms with Gasteiger partial charge in [-0.25, -0.2) is 13.1 Å². The predicted molar refractivity (Wildman–Crippen MR) is 128 cm³/mol. The Kier molecular flexibility index (Phi) is 11.9. The van der Waals surface area contributed by atoms with Gasteiger partial charge in [0.2, 0.25) is 10.0 Å². The Morgan fingerprint density at radius 1 is 0.788 bits per heavy atom. The number of nitrogens with one attached hydrogen (secondary N) is 1. The number of benzene rings is 2. The zero-order valence-corrected chi connectivity index (χ0v) is 20.0. The maximum atomic E-state index is 12.4. The number of hydrogen-bond donors (Lipinski definition) is 2. The number of nitrogens with zero attached hydrogens (tertiary/aromatic N) is 3. The maximum absolute atomic E-state index is 12.4. The summed E-state index contributed by atoms with van der Waals surface area (Å²) in [7, 11) is 0.299. The van der Waals surface area contributed by atoms with Crippen LogP contribution in [-0.4, -0.2) is 75.2 Å². The summed E-state index contributed by atoms with van der Waals surface area (Å²) in [5, 5.41) is 8.34. The number of ether oxygens (including phenoxy) is 3. The largest absolute Gasteiger partial charge is 0.378 e. The lowest BCUT2D eigenvalue weighted by molar-refractivity contribution is 0.0171. The fraction of sp³-hybridized carbons (Fsp3) is 0.455. The summed E-state index contributed by atoms with van der Waals surface area (Å²) >= 11 is 0. The van der Waals surface area contributed by atoms with Gasteiger partial charge in [-0.15, -0.1) is 0 Å². The van der Waals surface area contributed by atoms with Crippen LogP contribution >= 0.6 is 0 Å². The molecule has 11 heteroatoms. The first kappa shape index (κ1) is 26.8. The van der Waals surface area contributed by atoms with Crippen LogP contribution in [-0.2, 0) is 24.2 Å². The van der Waals surface area contributed by atoms with Crippen molar-refractivity contribution in [3.63, 3.8) is 0 Å².